The molecule has 0 saturated carbocycles. The SMILES string of the molecule is Cc1nn(CC(C)NCc2csc(N)n2)c(C)c1Cl. The Balaban J connectivity index is 1.90. The molecule has 5 nitrogen and oxygen atoms in total. The van der Waals surface area contributed by atoms with Crippen molar-refractivity contribution in [2.24, 2.45) is 0 Å². The highest BCUT2D eigenvalue weighted by Crippen LogP contribution is 2.19. The molecule has 0 radical (unpaired) electrons. The summed E-state index contributed by atoms with van der Waals surface area (Å²) in [6.45, 7) is 7.50. The van der Waals surface area contributed by atoms with Crippen LogP contribution in [0.4, 0.5) is 5.13 Å². The number of hydrogen-bond donors (Lipinski definition) is 2. The fourth-order valence-corrected chi connectivity index (χ4v) is 2.56. The van der Waals surface area contributed by atoms with Gasteiger partial charge in [0.15, 0.2) is 5.13 Å². The van der Waals surface area contributed by atoms with Crippen LogP contribution in [0.15, 0.2) is 5.38 Å². The molecule has 0 spiro atoms. The zero-order valence-electron chi connectivity index (χ0n) is 11.3. The highest BCUT2D eigenvalue weighted by atomic mass is 35.5. The number of nitrogens with zero attached hydrogens (tertiary/aromatic N) is 3. The van der Waals surface area contributed by atoms with Crippen molar-refractivity contribution in [3.05, 3.63) is 27.5 Å². The molecule has 1 unspecified atom stereocenters. The van der Waals surface area contributed by atoms with Crippen LogP contribution in [0.3, 0.4) is 0 Å². The molecule has 7 heteroatoms. The Hall–Kier alpha value is -1.11. The second-order valence-electron chi connectivity index (χ2n) is 4.63. The van der Waals surface area contributed by atoms with Gasteiger partial charge in [0.1, 0.15) is 0 Å². The number of anilines is 1. The Labute approximate surface area is 121 Å². The first-order chi connectivity index (χ1) is 8.97. The summed E-state index contributed by atoms with van der Waals surface area (Å²) >= 11 is 7.59. The molecule has 2 aromatic rings. The van der Waals surface area contributed by atoms with Crippen LogP contribution in [0, 0.1) is 13.8 Å². The molecular formula is C12H18ClN5S. The molecule has 19 heavy (non-hydrogen) atoms. The van der Waals surface area contributed by atoms with Crippen molar-refractivity contribution in [2.45, 2.75) is 39.9 Å². The number of nitrogens with two attached hydrogens (primary N) is 1. The van der Waals surface area contributed by atoms with Crippen molar-refractivity contribution < 1.29 is 0 Å². The van der Waals surface area contributed by atoms with Gasteiger partial charge in [0.25, 0.3) is 0 Å². The molecule has 0 bridgehead atoms. The summed E-state index contributed by atoms with van der Waals surface area (Å²) in [6, 6.07) is 0.275. The summed E-state index contributed by atoms with van der Waals surface area (Å²) in [5.41, 5.74) is 8.45. The van der Waals surface area contributed by atoms with E-state index in [1.54, 1.807) is 0 Å². The normalized spacial score (nSPS) is 12.8. The highest BCUT2D eigenvalue weighted by molar-refractivity contribution is 7.13. The summed E-state index contributed by atoms with van der Waals surface area (Å²) < 4.78 is 1.94. The summed E-state index contributed by atoms with van der Waals surface area (Å²) in [5, 5.41) is 11.1. The van der Waals surface area contributed by atoms with Crippen LogP contribution in [-0.4, -0.2) is 20.8 Å². The van der Waals surface area contributed by atoms with E-state index >= 15 is 0 Å². The number of nitrogen functional groups attached to an aromatic ring is 1. The second kappa shape index (κ2) is 5.90. The largest absolute Gasteiger partial charge is 0.375 e. The number of aryl methyl sites for hydroxylation is 1. The zero-order valence-corrected chi connectivity index (χ0v) is 12.8. The first kappa shape index (κ1) is 14.3. The smallest absolute Gasteiger partial charge is 0.180 e. The molecule has 0 amide bonds. The predicted molar refractivity (Wildman–Crippen MR) is 79.5 cm³/mol. The van der Waals surface area contributed by atoms with E-state index in [2.05, 4.69) is 22.3 Å². The van der Waals surface area contributed by atoms with Gasteiger partial charge < -0.3 is 11.1 Å². The van der Waals surface area contributed by atoms with Crippen LogP contribution in [0.5, 0.6) is 0 Å². The van der Waals surface area contributed by atoms with Crippen LogP contribution in [0.1, 0.15) is 24.0 Å². The van der Waals surface area contributed by atoms with E-state index in [1.165, 1.54) is 11.3 Å². The lowest BCUT2D eigenvalue weighted by Crippen LogP contribution is -2.30. The van der Waals surface area contributed by atoms with E-state index in [0.29, 0.717) is 11.7 Å². The van der Waals surface area contributed by atoms with Crippen LogP contribution in [0.25, 0.3) is 0 Å². The molecule has 2 rings (SSSR count). The van der Waals surface area contributed by atoms with Gasteiger partial charge >= 0.3 is 0 Å². The van der Waals surface area contributed by atoms with E-state index in [0.717, 1.165) is 28.6 Å². The van der Waals surface area contributed by atoms with E-state index in [9.17, 15) is 0 Å². The number of nitrogens with one attached hydrogen (secondary N) is 1. The van der Waals surface area contributed by atoms with Crippen molar-refractivity contribution >= 4 is 28.1 Å². The summed E-state index contributed by atoms with van der Waals surface area (Å²) in [4.78, 5) is 4.22. The molecule has 0 aliphatic rings. The molecule has 2 aromatic heterocycles. The molecule has 104 valence electrons. The number of hydrogen-bond acceptors (Lipinski definition) is 5. The third-order valence-corrected chi connectivity index (χ3v) is 4.21. The highest BCUT2D eigenvalue weighted by Gasteiger charge is 2.11. The molecule has 0 fully saturated rings. The first-order valence-electron chi connectivity index (χ1n) is 6.10. The molecule has 3 N–H and O–H groups in total. The molecule has 0 saturated heterocycles. The molecule has 0 aliphatic carbocycles. The van der Waals surface area contributed by atoms with E-state index < -0.39 is 0 Å². The van der Waals surface area contributed by atoms with E-state index in [4.69, 9.17) is 17.3 Å². The minimum atomic E-state index is 0.275. The average Bonchev–Trinajstić information content (AvgIpc) is 2.88. The van der Waals surface area contributed by atoms with Crippen LogP contribution < -0.4 is 11.1 Å². The van der Waals surface area contributed by atoms with Crippen molar-refractivity contribution in [1.29, 1.82) is 0 Å². The maximum Gasteiger partial charge on any atom is 0.180 e. The van der Waals surface area contributed by atoms with Crippen LogP contribution >= 0.6 is 22.9 Å². The third kappa shape index (κ3) is 3.46. The maximum absolute atomic E-state index is 6.13. The Morgan fingerprint density at radius 3 is 2.79 bits per heavy atom. The number of halogens is 1. The molecule has 0 aromatic carbocycles. The van der Waals surface area contributed by atoms with Crippen molar-refractivity contribution in [3.63, 3.8) is 0 Å². The fourth-order valence-electron chi connectivity index (χ4n) is 1.86. The first-order valence-corrected chi connectivity index (χ1v) is 7.36. The Morgan fingerprint density at radius 1 is 1.53 bits per heavy atom. The van der Waals surface area contributed by atoms with Gasteiger partial charge in [0, 0.05) is 18.0 Å². The lowest BCUT2D eigenvalue weighted by Gasteiger charge is -2.14. The van der Waals surface area contributed by atoms with Gasteiger partial charge in [-0.25, -0.2) is 4.98 Å². The predicted octanol–water partition coefficient (Wildman–Crippen LogP) is 2.37. The van der Waals surface area contributed by atoms with Crippen molar-refractivity contribution in [1.82, 2.24) is 20.1 Å². The molecule has 1 atom stereocenters. The van der Waals surface area contributed by atoms with Gasteiger partial charge in [-0.2, -0.15) is 5.10 Å². The van der Waals surface area contributed by atoms with E-state index in [-0.39, 0.29) is 6.04 Å². The van der Waals surface area contributed by atoms with Crippen molar-refractivity contribution in [3.8, 4) is 0 Å². The van der Waals surface area contributed by atoms with E-state index in [1.807, 2.05) is 23.9 Å². The van der Waals surface area contributed by atoms with Crippen LogP contribution in [-0.2, 0) is 13.1 Å². The van der Waals surface area contributed by atoms with Gasteiger partial charge in [-0.05, 0) is 20.8 Å². The summed E-state index contributed by atoms with van der Waals surface area (Å²) in [6.07, 6.45) is 0. The zero-order chi connectivity index (χ0) is 14.0. The van der Waals surface area contributed by atoms with Crippen molar-refractivity contribution in [2.75, 3.05) is 5.73 Å². The minimum absolute atomic E-state index is 0.275. The second-order valence-corrected chi connectivity index (χ2v) is 5.89. The molecule has 0 aliphatic heterocycles. The van der Waals surface area contributed by atoms with Gasteiger partial charge in [-0.1, -0.05) is 11.6 Å². The molecular weight excluding hydrogens is 282 g/mol. The summed E-state index contributed by atoms with van der Waals surface area (Å²) in [7, 11) is 0. The quantitative estimate of drug-likeness (QED) is 0.889. The molecule has 2 heterocycles. The van der Waals surface area contributed by atoms with Gasteiger partial charge in [-0.15, -0.1) is 11.3 Å². The average molecular weight is 300 g/mol. The number of thiazole rings is 1. The fraction of sp³-hybridized carbons (Fsp3) is 0.500. The Kier molecular flexibility index (Phi) is 4.44. The monoisotopic (exact) mass is 299 g/mol. The maximum atomic E-state index is 6.13. The number of aromatic nitrogens is 3. The standard InChI is InChI=1S/C12H18ClN5S/c1-7(15-4-10-6-19-12(14)16-10)5-18-9(3)11(13)8(2)17-18/h6-7,15H,4-5H2,1-3H3,(H2,14,16). The number of rotatable bonds is 5. The lowest BCUT2D eigenvalue weighted by atomic mass is 10.3. The summed E-state index contributed by atoms with van der Waals surface area (Å²) in [5.74, 6) is 0. The van der Waals surface area contributed by atoms with Gasteiger partial charge in [0.2, 0.25) is 0 Å². The third-order valence-electron chi connectivity index (χ3n) is 2.94. The Morgan fingerprint density at radius 2 is 2.26 bits per heavy atom. The van der Waals surface area contributed by atoms with Gasteiger partial charge in [-0.3, -0.25) is 4.68 Å². The lowest BCUT2D eigenvalue weighted by molar-refractivity contribution is 0.442. The Bertz CT molecular complexity index is 562. The van der Waals surface area contributed by atoms with Crippen LogP contribution in [0.2, 0.25) is 5.02 Å². The minimum Gasteiger partial charge on any atom is -0.375 e. The topological polar surface area (TPSA) is 68.8 Å². The van der Waals surface area contributed by atoms with Gasteiger partial charge in [0.05, 0.1) is 28.6 Å².